The molecule has 5 nitrogen and oxygen atoms in total. The molecule has 0 atom stereocenters. The number of likely N-dealkylation sites (tertiary alicyclic amines) is 1. The van der Waals surface area contributed by atoms with Gasteiger partial charge in [0.25, 0.3) is 0 Å². The van der Waals surface area contributed by atoms with Crippen molar-refractivity contribution in [3.8, 4) is 0 Å². The maximum atomic E-state index is 10.9. The molecule has 0 aromatic heterocycles. The highest BCUT2D eigenvalue weighted by Crippen LogP contribution is 2.09. The summed E-state index contributed by atoms with van der Waals surface area (Å²) >= 11 is 0. The highest BCUT2D eigenvalue weighted by atomic mass is 16.5. The number of esters is 1. The van der Waals surface area contributed by atoms with Gasteiger partial charge in [-0.15, -0.1) is 0 Å². The average Bonchev–Trinajstić information content (AvgIpc) is 2.37. The summed E-state index contributed by atoms with van der Waals surface area (Å²) in [7, 11) is 0. The molecule has 102 valence electrons. The number of aliphatic hydroxyl groups is 1. The van der Waals surface area contributed by atoms with Crippen LogP contribution in [0.15, 0.2) is 24.9 Å². The second kappa shape index (κ2) is 9.41. The van der Waals surface area contributed by atoms with Gasteiger partial charge in [-0.2, -0.15) is 0 Å². The summed E-state index contributed by atoms with van der Waals surface area (Å²) in [5.74, 6) is -0.236. The molecule has 1 amide bonds. The van der Waals surface area contributed by atoms with Crippen molar-refractivity contribution < 1.29 is 19.4 Å². The maximum Gasteiger partial charge on any atom is 0.333 e. The van der Waals surface area contributed by atoms with E-state index in [2.05, 4.69) is 17.9 Å². The molecule has 1 N–H and O–H groups in total. The minimum absolute atomic E-state index is 0.0473. The lowest BCUT2D eigenvalue weighted by Gasteiger charge is -2.21. The summed E-state index contributed by atoms with van der Waals surface area (Å²) < 4.78 is 4.46. The molecule has 0 aromatic carbocycles. The van der Waals surface area contributed by atoms with Gasteiger partial charge >= 0.3 is 5.97 Å². The van der Waals surface area contributed by atoms with Crippen LogP contribution in [0.2, 0.25) is 0 Å². The zero-order valence-corrected chi connectivity index (χ0v) is 10.9. The average molecular weight is 255 g/mol. The molecular formula is C13H21NO4. The fraction of sp³-hybridized carbons (Fsp3) is 0.538. The number of amides is 1. The Kier molecular flexibility index (Phi) is 8.57. The van der Waals surface area contributed by atoms with Crippen LogP contribution in [0.3, 0.4) is 0 Å². The summed E-state index contributed by atoms with van der Waals surface area (Å²) in [5.41, 5.74) is 0.350. The van der Waals surface area contributed by atoms with Crippen molar-refractivity contribution in [1.82, 2.24) is 4.90 Å². The third-order valence-electron chi connectivity index (χ3n) is 2.25. The molecular weight excluding hydrogens is 234 g/mol. The number of piperidine rings is 1. The van der Waals surface area contributed by atoms with Crippen LogP contribution in [0.1, 0.15) is 26.2 Å². The van der Waals surface area contributed by atoms with Crippen LogP contribution in [0.25, 0.3) is 0 Å². The van der Waals surface area contributed by atoms with E-state index in [9.17, 15) is 9.59 Å². The Balaban J connectivity index is 0.000000321. The summed E-state index contributed by atoms with van der Waals surface area (Å²) in [6, 6.07) is 0. The summed E-state index contributed by atoms with van der Waals surface area (Å²) in [4.78, 5) is 23.0. The molecule has 0 spiro atoms. The predicted molar refractivity (Wildman–Crippen MR) is 68.6 cm³/mol. The van der Waals surface area contributed by atoms with Crippen molar-refractivity contribution in [2.24, 2.45) is 0 Å². The van der Waals surface area contributed by atoms with E-state index in [0.29, 0.717) is 12.0 Å². The van der Waals surface area contributed by atoms with Gasteiger partial charge in [0.2, 0.25) is 5.91 Å². The summed E-state index contributed by atoms with van der Waals surface area (Å²) in [6.07, 6.45) is 4.48. The quantitative estimate of drug-likeness (QED) is 0.606. The number of hydrogen-bond acceptors (Lipinski definition) is 4. The molecule has 18 heavy (non-hydrogen) atoms. The molecule has 0 aliphatic carbocycles. The van der Waals surface area contributed by atoms with Crippen molar-refractivity contribution >= 4 is 11.9 Å². The van der Waals surface area contributed by atoms with Crippen molar-refractivity contribution in [3.63, 3.8) is 0 Å². The number of ether oxygens (including phenoxy) is 1. The first-order valence-electron chi connectivity index (χ1n) is 5.88. The van der Waals surface area contributed by atoms with E-state index in [1.165, 1.54) is 0 Å². The van der Waals surface area contributed by atoms with Crippen LogP contribution < -0.4 is 0 Å². The Morgan fingerprint density at radius 1 is 1.56 bits per heavy atom. The minimum Gasteiger partial charge on any atom is -0.460 e. The monoisotopic (exact) mass is 255 g/mol. The number of carbonyl (C=O) groups excluding carboxylic acids is 2. The molecule has 1 aliphatic rings. The summed E-state index contributed by atoms with van der Waals surface area (Å²) in [6.45, 7) is 9.22. The van der Waals surface area contributed by atoms with Gasteiger partial charge in [0, 0.05) is 18.5 Å². The van der Waals surface area contributed by atoms with E-state index >= 15 is 0 Å². The first-order valence-corrected chi connectivity index (χ1v) is 5.88. The molecule has 1 aliphatic heterocycles. The van der Waals surface area contributed by atoms with Gasteiger partial charge in [-0.25, -0.2) is 4.79 Å². The van der Waals surface area contributed by atoms with Gasteiger partial charge < -0.3 is 14.7 Å². The minimum atomic E-state index is -0.455. The van der Waals surface area contributed by atoms with Crippen LogP contribution >= 0.6 is 0 Å². The Morgan fingerprint density at radius 2 is 2.22 bits per heavy atom. The van der Waals surface area contributed by atoms with Crippen LogP contribution in [0.4, 0.5) is 0 Å². The van der Waals surface area contributed by atoms with Crippen LogP contribution in [-0.2, 0) is 14.3 Å². The Bertz CT molecular complexity index is 312. The van der Waals surface area contributed by atoms with Crippen molar-refractivity contribution in [3.05, 3.63) is 24.9 Å². The SMILES string of the molecule is C=C(C)C(=O)OCCO.C=CN1CCCCC1=O. The topological polar surface area (TPSA) is 66.8 Å². The standard InChI is InChI=1S/C7H11NO.C6H10O3/c1-2-8-6-4-3-5-7(8)9;1-5(2)6(8)9-4-3-7/h2H,1,3-6H2;7H,1,3-4H2,2H3. The Morgan fingerprint density at radius 3 is 2.61 bits per heavy atom. The highest BCUT2D eigenvalue weighted by molar-refractivity contribution is 5.86. The van der Waals surface area contributed by atoms with Gasteiger partial charge in [0.05, 0.1) is 6.61 Å². The fourth-order valence-electron chi connectivity index (χ4n) is 1.28. The Hall–Kier alpha value is -1.62. The molecule has 1 saturated heterocycles. The van der Waals surface area contributed by atoms with Crippen LogP contribution in [-0.4, -0.2) is 41.6 Å². The third kappa shape index (κ3) is 6.85. The third-order valence-corrected chi connectivity index (χ3v) is 2.25. The molecule has 5 heteroatoms. The Labute approximate surface area is 108 Å². The number of aliphatic hydroxyl groups excluding tert-OH is 1. The van der Waals surface area contributed by atoms with Gasteiger partial charge in [0.1, 0.15) is 6.61 Å². The zero-order chi connectivity index (χ0) is 14.0. The second-order valence-corrected chi connectivity index (χ2v) is 3.87. The summed E-state index contributed by atoms with van der Waals surface area (Å²) in [5, 5.41) is 8.19. The first kappa shape index (κ1) is 16.4. The molecule has 1 heterocycles. The van der Waals surface area contributed by atoms with E-state index in [-0.39, 0.29) is 19.1 Å². The van der Waals surface area contributed by atoms with E-state index < -0.39 is 5.97 Å². The molecule has 1 rings (SSSR count). The van der Waals surface area contributed by atoms with E-state index in [4.69, 9.17) is 5.11 Å². The van der Waals surface area contributed by atoms with Gasteiger partial charge in [-0.1, -0.05) is 13.2 Å². The second-order valence-electron chi connectivity index (χ2n) is 3.87. The molecule has 0 aromatic rings. The smallest absolute Gasteiger partial charge is 0.333 e. The largest absolute Gasteiger partial charge is 0.460 e. The fourth-order valence-corrected chi connectivity index (χ4v) is 1.28. The number of hydrogen-bond donors (Lipinski definition) is 1. The highest BCUT2D eigenvalue weighted by Gasteiger charge is 2.13. The maximum absolute atomic E-state index is 10.9. The van der Waals surface area contributed by atoms with E-state index in [1.54, 1.807) is 18.0 Å². The lowest BCUT2D eigenvalue weighted by molar-refractivity contribution is -0.139. The molecule has 0 unspecified atom stereocenters. The number of rotatable bonds is 4. The lowest BCUT2D eigenvalue weighted by Crippen LogP contribution is -2.29. The van der Waals surface area contributed by atoms with Gasteiger partial charge in [-0.05, 0) is 26.0 Å². The van der Waals surface area contributed by atoms with Gasteiger partial charge in [0.15, 0.2) is 0 Å². The van der Waals surface area contributed by atoms with Crippen LogP contribution in [0.5, 0.6) is 0 Å². The number of nitrogens with zero attached hydrogens (tertiary/aromatic N) is 1. The molecule has 0 bridgehead atoms. The first-order chi connectivity index (χ1) is 8.52. The lowest BCUT2D eigenvalue weighted by atomic mass is 10.1. The molecule has 0 radical (unpaired) electrons. The van der Waals surface area contributed by atoms with E-state index in [0.717, 1.165) is 19.4 Å². The molecule has 1 fully saturated rings. The van der Waals surface area contributed by atoms with Crippen LogP contribution in [0, 0.1) is 0 Å². The number of carbonyl (C=O) groups is 2. The van der Waals surface area contributed by atoms with Gasteiger partial charge in [-0.3, -0.25) is 4.79 Å². The van der Waals surface area contributed by atoms with Crippen molar-refractivity contribution in [2.45, 2.75) is 26.2 Å². The predicted octanol–water partition coefficient (Wildman–Crippen LogP) is 1.24. The molecule has 0 saturated carbocycles. The zero-order valence-electron chi connectivity index (χ0n) is 10.9. The van der Waals surface area contributed by atoms with Crippen molar-refractivity contribution in [2.75, 3.05) is 19.8 Å². The van der Waals surface area contributed by atoms with E-state index in [1.807, 2.05) is 0 Å². The van der Waals surface area contributed by atoms with Crippen molar-refractivity contribution in [1.29, 1.82) is 0 Å². The normalized spacial score (nSPS) is 14.3.